The van der Waals surface area contributed by atoms with E-state index in [2.05, 4.69) is 9.97 Å². The van der Waals surface area contributed by atoms with Crippen molar-refractivity contribution in [3.05, 3.63) is 11.9 Å². The third-order valence-electron chi connectivity index (χ3n) is 2.08. The molecule has 0 saturated carbocycles. The number of nitrogens with one attached hydrogen (secondary N) is 1. The topological polar surface area (TPSA) is 155 Å². The van der Waals surface area contributed by atoms with Gasteiger partial charge in [-0.25, -0.2) is 0 Å². The van der Waals surface area contributed by atoms with Crippen LogP contribution in [-0.2, 0) is 16.0 Å². The van der Waals surface area contributed by atoms with Gasteiger partial charge in [-0.15, -0.1) is 0 Å². The maximum absolute atomic E-state index is 10.6. The van der Waals surface area contributed by atoms with Crippen molar-refractivity contribution in [3.8, 4) is 0 Å². The Morgan fingerprint density at radius 2 is 1.94 bits per heavy atom. The molecule has 2 atom stereocenters. The molecule has 1 heterocycles. The fourth-order valence-corrected chi connectivity index (χ4v) is 2.78. The molecule has 0 spiro atoms. The number of hydrogen-bond acceptors (Lipinski definition) is 5. The molecule has 9 heteroatoms. The van der Waals surface area contributed by atoms with Crippen LogP contribution in [0.3, 0.4) is 0 Å². The zero-order valence-electron chi connectivity index (χ0n) is 9.37. The Morgan fingerprint density at radius 3 is 2.50 bits per heavy atom. The summed E-state index contributed by atoms with van der Waals surface area (Å²) in [5, 5.41) is 17.6. The quantitative estimate of drug-likeness (QED) is 0.348. The van der Waals surface area contributed by atoms with Crippen molar-refractivity contribution in [1.29, 1.82) is 0 Å². The monoisotopic (exact) mass is 322 g/mol. The van der Waals surface area contributed by atoms with Gasteiger partial charge in [0.1, 0.15) is 0 Å². The van der Waals surface area contributed by atoms with Crippen LogP contribution in [0, 0.1) is 0 Å². The molecule has 100 valence electrons. The van der Waals surface area contributed by atoms with E-state index in [0.29, 0.717) is 15.7 Å². The summed E-state index contributed by atoms with van der Waals surface area (Å²) in [4.78, 5) is 28.0. The molecular formula is C9H14N4O4Se. The summed E-state index contributed by atoms with van der Waals surface area (Å²) in [5.74, 6) is -2.12. The first-order chi connectivity index (χ1) is 8.40. The second-order valence-corrected chi connectivity index (χ2v) is 5.73. The van der Waals surface area contributed by atoms with Crippen LogP contribution >= 0.6 is 0 Å². The van der Waals surface area contributed by atoms with E-state index in [-0.39, 0.29) is 21.4 Å². The van der Waals surface area contributed by atoms with E-state index in [1.807, 2.05) is 0 Å². The van der Waals surface area contributed by atoms with Crippen molar-refractivity contribution in [2.24, 2.45) is 11.5 Å². The van der Waals surface area contributed by atoms with Crippen molar-refractivity contribution in [1.82, 2.24) is 9.97 Å². The maximum atomic E-state index is 10.6. The molecule has 0 aliphatic carbocycles. The zero-order valence-corrected chi connectivity index (χ0v) is 11.1. The second kappa shape index (κ2) is 6.50. The number of nitrogens with two attached hydrogens (primary N) is 2. The number of nitrogens with zero attached hydrogens (tertiary/aromatic N) is 1. The molecule has 0 radical (unpaired) electrons. The Kier molecular flexibility index (Phi) is 5.29. The average molecular weight is 321 g/mol. The molecule has 0 aliphatic heterocycles. The van der Waals surface area contributed by atoms with Crippen LogP contribution in [0.25, 0.3) is 0 Å². The number of hydrogen-bond donors (Lipinski definition) is 5. The third-order valence-corrected chi connectivity index (χ3v) is 4.19. The van der Waals surface area contributed by atoms with Gasteiger partial charge in [-0.3, -0.25) is 0 Å². The molecule has 1 unspecified atom stereocenters. The van der Waals surface area contributed by atoms with Crippen LogP contribution in [0.1, 0.15) is 5.69 Å². The van der Waals surface area contributed by atoms with E-state index < -0.39 is 24.0 Å². The van der Waals surface area contributed by atoms with Crippen molar-refractivity contribution in [3.63, 3.8) is 0 Å². The van der Waals surface area contributed by atoms with Gasteiger partial charge in [0, 0.05) is 0 Å². The summed E-state index contributed by atoms with van der Waals surface area (Å²) in [6.07, 6.45) is 1.66. The van der Waals surface area contributed by atoms with Crippen LogP contribution in [-0.4, -0.2) is 59.2 Å². The van der Waals surface area contributed by atoms with Crippen LogP contribution in [0.5, 0.6) is 0 Å². The van der Waals surface area contributed by atoms with Crippen LogP contribution in [0.15, 0.2) is 6.20 Å². The van der Waals surface area contributed by atoms with Gasteiger partial charge in [0.15, 0.2) is 0 Å². The summed E-state index contributed by atoms with van der Waals surface area (Å²) >= 11 is -0.191. The number of rotatable bonds is 7. The molecule has 1 rings (SSSR count). The Balaban J connectivity index is 2.48. The van der Waals surface area contributed by atoms with Crippen molar-refractivity contribution < 1.29 is 19.8 Å². The van der Waals surface area contributed by atoms with Gasteiger partial charge in [0.25, 0.3) is 0 Å². The fourth-order valence-electron chi connectivity index (χ4n) is 1.08. The number of aromatic nitrogens is 2. The van der Waals surface area contributed by atoms with Crippen molar-refractivity contribution in [2.45, 2.75) is 23.8 Å². The Hall–Kier alpha value is -1.41. The van der Waals surface area contributed by atoms with Crippen LogP contribution < -0.4 is 16.2 Å². The van der Waals surface area contributed by atoms with Gasteiger partial charge in [0.05, 0.1) is 0 Å². The standard InChI is InChI=1S/C9H14N4O4Se/c10-5(7(14)15)1-4-2-12-9(13-4)18-3-6(11)8(16)17/h2,5-6H,1,3,10-11H2,(H,12,13)(H,14,15)(H,16,17)/t5-,6?/m0/s1. The minimum absolute atomic E-state index is 0.156. The van der Waals surface area contributed by atoms with Gasteiger partial charge >= 0.3 is 109 Å². The molecule has 1 aromatic rings. The molecule has 7 N–H and O–H groups in total. The zero-order chi connectivity index (χ0) is 13.7. The molecule has 0 fully saturated rings. The molecule has 0 aliphatic rings. The number of carbonyl (C=O) groups is 2. The van der Waals surface area contributed by atoms with E-state index in [1.165, 1.54) is 6.20 Å². The first-order valence-corrected chi connectivity index (χ1v) is 7.10. The summed E-state index contributed by atoms with van der Waals surface area (Å²) in [7, 11) is 0. The number of aromatic amines is 1. The number of carboxylic acid groups (broad SMARTS) is 2. The van der Waals surface area contributed by atoms with E-state index in [1.54, 1.807) is 0 Å². The molecule has 0 saturated heterocycles. The third kappa shape index (κ3) is 4.46. The molecule has 8 nitrogen and oxygen atoms in total. The molecule has 0 bridgehead atoms. The van der Waals surface area contributed by atoms with E-state index >= 15 is 0 Å². The van der Waals surface area contributed by atoms with Crippen LogP contribution in [0.2, 0.25) is 5.32 Å². The number of carboxylic acids is 2. The molecule has 0 amide bonds. The summed E-state index contributed by atoms with van der Waals surface area (Å²) in [6, 6.07) is -1.88. The molecule has 0 aromatic carbocycles. The van der Waals surface area contributed by atoms with E-state index in [0.717, 1.165) is 0 Å². The first kappa shape index (κ1) is 14.6. The van der Waals surface area contributed by atoms with Crippen LogP contribution in [0.4, 0.5) is 0 Å². The Bertz CT molecular complexity index is 436. The van der Waals surface area contributed by atoms with Gasteiger partial charge < -0.3 is 0 Å². The predicted octanol–water partition coefficient (Wildman–Crippen LogP) is -2.48. The average Bonchev–Trinajstić information content (AvgIpc) is 2.73. The van der Waals surface area contributed by atoms with E-state index in [4.69, 9.17) is 21.7 Å². The Labute approximate surface area is 109 Å². The second-order valence-electron chi connectivity index (χ2n) is 3.62. The van der Waals surface area contributed by atoms with Crippen molar-refractivity contribution >= 4 is 31.6 Å². The van der Waals surface area contributed by atoms with Crippen molar-refractivity contribution in [2.75, 3.05) is 0 Å². The Morgan fingerprint density at radius 1 is 1.33 bits per heavy atom. The number of aliphatic carboxylic acids is 2. The predicted molar refractivity (Wildman–Crippen MR) is 63.7 cm³/mol. The summed E-state index contributed by atoms with van der Waals surface area (Å²) < 4.78 is 0.631. The van der Waals surface area contributed by atoms with Gasteiger partial charge in [-0.05, 0) is 0 Å². The van der Waals surface area contributed by atoms with Gasteiger partial charge in [-0.1, -0.05) is 0 Å². The summed E-state index contributed by atoms with van der Waals surface area (Å²) in [5.41, 5.74) is 11.4. The fraction of sp³-hybridized carbons (Fsp3) is 0.444. The molecule has 1 aromatic heterocycles. The minimum atomic E-state index is -1.08. The number of H-pyrrole nitrogens is 1. The van der Waals surface area contributed by atoms with Gasteiger partial charge in [0.2, 0.25) is 0 Å². The number of imidazole rings is 1. The van der Waals surface area contributed by atoms with Gasteiger partial charge in [-0.2, -0.15) is 0 Å². The first-order valence-electron chi connectivity index (χ1n) is 5.03. The van der Waals surface area contributed by atoms with E-state index in [9.17, 15) is 9.59 Å². The summed E-state index contributed by atoms with van der Waals surface area (Å²) in [6.45, 7) is 0. The molecular weight excluding hydrogens is 307 g/mol. The molecule has 18 heavy (non-hydrogen) atoms. The normalized spacial score (nSPS) is 14.1. The SMILES string of the molecule is NC(C[Se]c1ncc(C[C@H](N)C(=O)O)[nH]1)C(=O)O.